The molecule has 0 saturated carbocycles. The van der Waals surface area contributed by atoms with Gasteiger partial charge in [-0.2, -0.15) is 0 Å². The first-order valence-corrected chi connectivity index (χ1v) is 3.43. The lowest BCUT2D eigenvalue weighted by molar-refractivity contribution is 0.0953. The van der Waals surface area contributed by atoms with Crippen LogP contribution >= 0.6 is 0 Å². The number of methoxy groups -OCH3 is 1. The fraction of sp³-hybridized carbons (Fsp3) is 0.429. The molecule has 0 atom stereocenters. The first-order valence-electron chi connectivity index (χ1n) is 3.43. The standard InChI is InChI=1S/C7H10N2O3/c1-4-5(6(10)8-2)9-12-7(4)11-3/h1-3H3,(H,8,10). The zero-order valence-electron chi connectivity index (χ0n) is 7.17. The summed E-state index contributed by atoms with van der Waals surface area (Å²) < 4.78 is 9.55. The molecule has 0 fully saturated rings. The molecule has 0 radical (unpaired) electrons. The number of hydrogen-bond donors (Lipinski definition) is 1. The van der Waals surface area contributed by atoms with E-state index in [-0.39, 0.29) is 17.5 Å². The first-order chi connectivity index (χ1) is 5.70. The number of carbonyl (C=O) groups is 1. The molecule has 0 aliphatic carbocycles. The van der Waals surface area contributed by atoms with Crippen LogP contribution < -0.4 is 10.1 Å². The summed E-state index contributed by atoms with van der Waals surface area (Å²) in [7, 11) is 2.99. The molecule has 1 heterocycles. The zero-order valence-corrected chi connectivity index (χ0v) is 7.17. The Bertz CT molecular complexity index is 293. The van der Waals surface area contributed by atoms with Crippen LogP contribution in [0.2, 0.25) is 0 Å². The Morgan fingerprint density at radius 2 is 2.33 bits per heavy atom. The van der Waals surface area contributed by atoms with Crippen LogP contribution in [0.5, 0.6) is 5.95 Å². The SMILES string of the molecule is CNC(=O)c1noc(OC)c1C. The fourth-order valence-corrected chi connectivity index (χ4v) is 0.841. The molecule has 12 heavy (non-hydrogen) atoms. The van der Waals surface area contributed by atoms with E-state index in [0.717, 1.165) is 0 Å². The normalized spacial score (nSPS) is 9.58. The van der Waals surface area contributed by atoms with E-state index in [4.69, 9.17) is 9.26 Å². The van der Waals surface area contributed by atoms with Crippen molar-refractivity contribution in [2.24, 2.45) is 0 Å². The fourth-order valence-electron chi connectivity index (χ4n) is 0.841. The molecule has 1 aromatic rings. The highest BCUT2D eigenvalue weighted by molar-refractivity contribution is 5.93. The molecule has 5 nitrogen and oxygen atoms in total. The van der Waals surface area contributed by atoms with Crippen LogP contribution in [0.25, 0.3) is 0 Å². The van der Waals surface area contributed by atoms with Crippen molar-refractivity contribution in [2.75, 3.05) is 14.2 Å². The van der Waals surface area contributed by atoms with Gasteiger partial charge in [-0.05, 0) is 6.92 Å². The zero-order chi connectivity index (χ0) is 9.14. The second kappa shape index (κ2) is 3.25. The predicted octanol–water partition coefficient (Wildman–Crippen LogP) is 0.351. The van der Waals surface area contributed by atoms with Crippen LogP contribution in [0.3, 0.4) is 0 Å². The van der Waals surface area contributed by atoms with Gasteiger partial charge in [0.15, 0.2) is 5.69 Å². The molecular weight excluding hydrogens is 160 g/mol. The van der Waals surface area contributed by atoms with Gasteiger partial charge in [-0.25, -0.2) is 0 Å². The summed E-state index contributed by atoms with van der Waals surface area (Å²) in [6.45, 7) is 1.71. The van der Waals surface area contributed by atoms with Crippen LogP contribution in [-0.4, -0.2) is 25.2 Å². The number of amides is 1. The van der Waals surface area contributed by atoms with E-state index in [1.54, 1.807) is 6.92 Å². The Balaban J connectivity index is 3.02. The topological polar surface area (TPSA) is 64.4 Å². The van der Waals surface area contributed by atoms with E-state index in [9.17, 15) is 4.79 Å². The predicted molar refractivity (Wildman–Crippen MR) is 41.2 cm³/mol. The number of ether oxygens (including phenoxy) is 1. The van der Waals surface area contributed by atoms with E-state index in [1.165, 1.54) is 14.2 Å². The molecule has 0 bridgehead atoms. The van der Waals surface area contributed by atoms with Crippen molar-refractivity contribution in [2.45, 2.75) is 6.92 Å². The van der Waals surface area contributed by atoms with Gasteiger partial charge in [0.1, 0.15) is 0 Å². The van der Waals surface area contributed by atoms with Crippen LogP contribution in [0.1, 0.15) is 16.1 Å². The van der Waals surface area contributed by atoms with Gasteiger partial charge in [0.25, 0.3) is 5.91 Å². The summed E-state index contributed by atoms with van der Waals surface area (Å²) >= 11 is 0. The second-order valence-corrected chi connectivity index (χ2v) is 2.23. The van der Waals surface area contributed by atoms with E-state index >= 15 is 0 Å². The maximum Gasteiger partial charge on any atom is 0.314 e. The Hall–Kier alpha value is -1.52. The largest absolute Gasteiger partial charge is 0.467 e. The van der Waals surface area contributed by atoms with Gasteiger partial charge < -0.3 is 14.6 Å². The van der Waals surface area contributed by atoms with Crippen LogP contribution in [0.15, 0.2) is 4.52 Å². The Kier molecular flexibility index (Phi) is 2.32. The minimum atomic E-state index is -0.278. The lowest BCUT2D eigenvalue weighted by Gasteiger charge is -1.94. The quantitative estimate of drug-likeness (QED) is 0.695. The Morgan fingerprint density at radius 3 is 2.75 bits per heavy atom. The van der Waals surface area contributed by atoms with Crippen molar-refractivity contribution in [1.29, 1.82) is 0 Å². The number of nitrogens with one attached hydrogen (secondary N) is 1. The molecule has 0 aliphatic heterocycles. The average Bonchev–Trinajstić information content (AvgIpc) is 2.45. The second-order valence-electron chi connectivity index (χ2n) is 2.23. The molecule has 5 heteroatoms. The van der Waals surface area contributed by atoms with E-state index < -0.39 is 0 Å². The summed E-state index contributed by atoms with van der Waals surface area (Å²) in [4.78, 5) is 11.1. The van der Waals surface area contributed by atoms with Crippen molar-refractivity contribution in [3.8, 4) is 5.95 Å². The van der Waals surface area contributed by atoms with Gasteiger partial charge in [-0.1, -0.05) is 5.16 Å². The molecule has 1 rings (SSSR count). The maximum absolute atomic E-state index is 11.1. The van der Waals surface area contributed by atoms with Gasteiger partial charge in [-0.3, -0.25) is 4.79 Å². The van der Waals surface area contributed by atoms with Gasteiger partial charge in [0.05, 0.1) is 12.7 Å². The highest BCUT2D eigenvalue weighted by atomic mass is 16.6. The van der Waals surface area contributed by atoms with Crippen LogP contribution in [0.4, 0.5) is 0 Å². The van der Waals surface area contributed by atoms with Crippen LogP contribution in [0, 0.1) is 6.92 Å². The van der Waals surface area contributed by atoms with Crippen molar-refractivity contribution in [3.63, 3.8) is 0 Å². The monoisotopic (exact) mass is 170 g/mol. The van der Waals surface area contributed by atoms with E-state index in [2.05, 4.69) is 10.5 Å². The number of carbonyl (C=O) groups excluding carboxylic acids is 1. The molecule has 0 spiro atoms. The lowest BCUT2D eigenvalue weighted by atomic mass is 10.2. The first kappa shape index (κ1) is 8.58. The Labute approximate surface area is 69.7 Å². The molecule has 66 valence electrons. The summed E-state index contributed by atoms with van der Waals surface area (Å²) in [6.07, 6.45) is 0. The number of hydrogen-bond acceptors (Lipinski definition) is 4. The highest BCUT2D eigenvalue weighted by Crippen LogP contribution is 2.19. The Morgan fingerprint density at radius 1 is 1.67 bits per heavy atom. The average molecular weight is 170 g/mol. The summed E-state index contributed by atoms with van der Waals surface area (Å²) in [5, 5.41) is 5.99. The minimum Gasteiger partial charge on any atom is -0.467 e. The van der Waals surface area contributed by atoms with E-state index in [1.807, 2.05) is 0 Å². The number of nitrogens with zero attached hydrogens (tertiary/aromatic N) is 1. The number of rotatable bonds is 2. The molecule has 1 aromatic heterocycles. The highest BCUT2D eigenvalue weighted by Gasteiger charge is 2.17. The van der Waals surface area contributed by atoms with Crippen molar-refractivity contribution < 1.29 is 14.1 Å². The number of aromatic nitrogens is 1. The molecule has 0 saturated heterocycles. The molecule has 0 unspecified atom stereocenters. The summed E-state index contributed by atoms with van der Waals surface area (Å²) in [5.74, 6) is -0.00634. The van der Waals surface area contributed by atoms with Gasteiger partial charge in [0, 0.05) is 7.05 Å². The van der Waals surface area contributed by atoms with Gasteiger partial charge in [-0.15, -0.1) is 0 Å². The third-order valence-electron chi connectivity index (χ3n) is 1.51. The third-order valence-corrected chi connectivity index (χ3v) is 1.51. The third kappa shape index (κ3) is 1.25. The van der Waals surface area contributed by atoms with Crippen LogP contribution in [-0.2, 0) is 0 Å². The van der Waals surface area contributed by atoms with Crippen molar-refractivity contribution >= 4 is 5.91 Å². The molecule has 0 aromatic carbocycles. The summed E-state index contributed by atoms with van der Waals surface area (Å²) in [6, 6.07) is 0. The van der Waals surface area contributed by atoms with E-state index in [0.29, 0.717) is 5.56 Å². The minimum absolute atomic E-state index is 0.259. The molecule has 1 amide bonds. The maximum atomic E-state index is 11.1. The van der Waals surface area contributed by atoms with Crippen molar-refractivity contribution in [3.05, 3.63) is 11.3 Å². The molecular formula is C7H10N2O3. The smallest absolute Gasteiger partial charge is 0.314 e. The molecule has 0 aliphatic rings. The van der Waals surface area contributed by atoms with Gasteiger partial charge in [0.2, 0.25) is 0 Å². The van der Waals surface area contributed by atoms with Crippen molar-refractivity contribution in [1.82, 2.24) is 10.5 Å². The van der Waals surface area contributed by atoms with Gasteiger partial charge >= 0.3 is 5.95 Å². The molecule has 1 N–H and O–H groups in total. The summed E-state index contributed by atoms with van der Waals surface area (Å²) in [5.41, 5.74) is 0.867. The lowest BCUT2D eigenvalue weighted by Crippen LogP contribution is -2.19.